The second-order valence-electron chi connectivity index (χ2n) is 8.28. The minimum Gasteiger partial charge on any atom is -0.507 e. The predicted molar refractivity (Wildman–Crippen MR) is 140 cm³/mol. The average Bonchev–Trinajstić information content (AvgIpc) is 3.50. The van der Waals surface area contributed by atoms with Gasteiger partial charge in [-0.15, -0.1) is 11.3 Å². The zero-order valence-electron chi connectivity index (χ0n) is 19.2. The van der Waals surface area contributed by atoms with Gasteiger partial charge in [-0.2, -0.15) is 0 Å². The molecule has 1 aromatic heterocycles. The van der Waals surface area contributed by atoms with Crippen LogP contribution in [0.1, 0.15) is 28.3 Å². The Bertz CT molecular complexity index is 1470. The van der Waals surface area contributed by atoms with Crippen molar-refractivity contribution in [3.8, 4) is 5.75 Å². The van der Waals surface area contributed by atoms with Crippen LogP contribution in [-0.2, 0) is 16.2 Å². The number of hydrogen-bond acceptors (Lipinski definition) is 6. The highest BCUT2D eigenvalue weighted by Crippen LogP contribution is 2.43. The van der Waals surface area contributed by atoms with Gasteiger partial charge in [0.05, 0.1) is 11.6 Å². The minimum atomic E-state index is -0.869. The van der Waals surface area contributed by atoms with E-state index in [-0.39, 0.29) is 11.3 Å². The van der Waals surface area contributed by atoms with Gasteiger partial charge in [-0.05, 0) is 60.0 Å². The zero-order chi connectivity index (χ0) is 25.2. The first kappa shape index (κ1) is 23.8. The fourth-order valence-electron chi connectivity index (χ4n) is 4.15. The third kappa shape index (κ3) is 4.51. The first-order valence-corrected chi connectivity index (χ1v) is 12.4. The molecule has 6 nitrogen and oxygen atoms in total. The highest BCUT2D eigenvalue weighted by molar-refractivity contribution is 7.14. The summed E-state index contributed by atoms with van der Waals surface area (Å²) in [6.45, 7) is 2.43. The number of Topliss-reactive ketones (excluding diaryl/α,β-unsaturated/α-hetero) is 1. The van der Waals surface area contributed by atoms with Crippen molar-refractivity contribution in [2.75, 3.05) is 4.90 Å². The summed E-state index contributed by atoms with van der Waals surface area (Å²) in [7, 11) is 0. The van der Waals surface area contributed by atoms with Crippen molar-refractivity contribution < 1.29 is 19.4 Å². The molecule has 0 bridgehead atoms. The quantitative estimate of drug-likeness (QED) is 0.184. The van der Waals surface area contributed by atoms with E-state index in [1.807, 2.05) is 31.2 Å². The first-order valence-electron chi connectivity index (χ1n) is 11.2. The molecule has 1 fully saturated rings. The molecule has 4 aromatic rings. The molecule has 1 amide bonds. The second-order valence-corrected chi connectivity index (χ2v) is 9.59. The number of ketones is 1. The van der Waals surface area contributed by atoms with Crippen molar-refractivity contribution in [3.63, 3.8) is 0 Å². The molecule has 5 rings (SSSR count). The molecule has 2 heterocycles. The maximum absolute atomic E-state index is 13.2. The summed E-state index contributed by atoms with van der Waals surface area (Å²) in [4.78, 5) is 31.8. The highest BCUT2D eigenvalue weighted by atomic mass is 35.5. The molecule has 0 spiro atoms. The minimum absolute atomic E-state index is 0.0222. The van der Waals surface area contributed by atoms with Gasteiger partial charge >= 0.3 is 5.91 Å². The van der Waals surface area contributed by atoms with Crippen LogP contribution in [-0.4, -0.2) is 21.8 Å². The van der Waals surface area contributed by atoms with E-state index in [1.165, 1.54) is 16.2 Å². The topological polar surface area (TPSA) is 79.7 Å². The Morgan fingerprint density at radius 2 is 1.86 bits per heavy atom. The summed E-state index contributed by atoms with van der Waals surface area (Å²) < 4.78 is 5.89. The summed E-state index contributed by atoms with van der Waals surface area (Å²) >= 11 is 7.45. The van der Waals surface area contributed by atoms with E-state index in [0.717, 1.165) is 11.1 Å². The van der Waals surface area contributed by atoms with Crippen LogP contribution in [0.2, 0.25) is 5.02 Å². The first-order chi connectivity index (χ1) is 17.4. The van der Waals surface area contributed by atoms with Crippen LogP contribution < -0.4 is 9.64 Å². The van der Waals surface area contributed by atoms with Crippen molar-refractivity contribution in [1.29, 1.82) is 0 Å². The normalized spacial score (nSPS) is 16.9. The monoisotopic (exact) mass is 516 g/mol. The van der Waals surface area contributed by atoms with Crippen LogP contribution in [0.3, 0.4) is 0 Å². The molecule has 36 heavy (non-hydrogen) atoms. The van der Waals surface area contributed by atoms with Crippen LogP contribution >= 0.6 is 22.9 Å². The fourth-order valence-corrected chi connectivity index (χ4v) is 5.02. The third-order valence-electron chi connectivity index (χ3n) is 6.02. The average molecular weight is 517 g/mol. The number of aliphatic hydroxyl groups excluding tert-OH is 1. The summed E-state index contributed by atoms with van der Waals surface area (Å²) in [5, 5.41) is 13.8. The summed E-state index contributed by atoms with van der Waals surface area (Å²) in [6.07, 6.45) is 1.56. The van der Waals surface area contributed by atoms with Crippen molar-refractivity contribution in [1.82, 2.24) is 4.98 Å². The smallest absolute Gasteiger partial charge is 0.301 e. The number of aliphatic hydroxyl groups is 1. The maximum atomic E-state index is 13.2. The van der Waals surface area contributed by atoms with Crippen LogP contribution in [0.15, 0.2) is 89.9 Å². The van der Waals surface area contributed by atoms with Gasteiger partial charge in [-0.1, -0.05) is 48.0 Å². The lowest BCUT2D eigenvalue weighted by molar-refractivity contribution is -0.132. The fraction of sp³-hybridized carbons (Fsp3) is 0.107. The van der Waals surface area contributed by atoms with Gasteiger partial charge in [0.15, 0.2) is 5.13 Å². The van der Waals surface area contributed by atoms with Gasteiger partial charge in [0, 0.05) is 22.2 Å². The molecule has 8 heteroatoms. The Labute approximate surface area is 217 Å². The number of hydrogen-bond donors (Lipinski definition) is 1. The van der Waals surface area contributed by atoms with E-state index < -0.39 is 17.7 Å². The van der Waals surface area contributed by atoms with Crippen LogP contribution in [0, 0.1) is 6.92 Å². The lowest BCUT2D eigenvalue weighted by Crippen LogP contribution is -2.29. The van der Waals surface area contributed by atoms with Crippen molar-refractivity contribution >= 4 is 45.5 Å². The van der Waals surface area contributed by atoms with Crippen molar-refractivity contribution in [2.24, 2.45) is 0 Å². The number of aromatic nitrogens is 1. The lowest BCUT2D eigenvalue weighted by atomic mass is 9.95. The van der Waals surface area contributed by atoms with E-state index in [0.29, 0.717) is 33.6 Å². The lowest BCUT2D eigenvalue weighted by Gasteiger charge is -2.23. The summed E-state index contributed by atoms with van der Waals surface area (Å²) in [5.74, 6) is -1.20. The maximum Gasteiger partial charge on any atom is 0.301 e. The number of aryl methyl sites for hydroxylation is 1. The highest BCUT2D eigenvalue weighted by Gasteiger charge is 2.48. The Morgan fingerprint density at radius 3 is 2.56 bits per heavy atom. The Balaban J connectivity index is 1.50. The number of benzene rings is 3. The summed E-state index contributed by atoms with van der Waals surface area (Å²) in [6, 6.07) is 20.7. The number of halogens is 1. The van der Waals surface area contributed by atoms with E-state index >= 15 is 0 Å². The van der Waals surface area contributed by atoms with Crippen LogP contribution in [0.25, 0.3) is 5.76 Å². The van der Waals surface area contributed by atoms with Gasteiger partial charge in [0.2, 0.25) is 0 Å². The molecular formula is C28H21ClN2O4S. The number of carbonyl (C=O) groups excluding carboxylic acids is 2. The van der Waals surface area contributed by atoms with Gasteiger partial charge in [0.25, 0.3) is 5.78 Å². The third-order valence-corrected chi connectivity index (χ3v) is 7.02. The van der Waals surface area contributed by atoms with Crippen molar-refractivity contribution in [3.05, 3.63) is 117 Å². The van der Waals surface area contributed by atoms with E-state index in [4.69, 9.17) is 16.3 Å². The standard InChI is InChI=1S/C28H21ClN2O4S/c1-17-5-2-3-6-20(17)16-35-22-11-9-18(10-12-22)25(32)23-24(19-7-4-8-21(29)15-19)31(27(34)26(23)33)28-30-13-14-36-28/h2-15,24,32H,16H2,1H3. The number of ether oxygens (including phenoxy) is 1. The number of thiazole rings is 1. The van der Waals surface area contributed by atoms with Crippen LogP contribution in [0.5, 0.6) is 5.75 Å². The molecule has 180 valence electrons. The van der Waals surface area contributed by atoms with E-state index in [9.17, 15) is 14.7 Å². The number of rotatable bonds is 6. The molecule has 1 N–H and O–H groups in total. The Morgan fingerprint density at radius 1 is 1.08 bits per heavy atom. The number of amides is 1. The molecule has 1 saturated heterocycles. The molecule has 0 saturated carbocycles. The van der Waals surface area contributed by atoms with Gasteiger partial charge < -0.3 is 9.84 Å². The molecule has 1 atom stereocenters. The van der Waals surface area contributed by atoms with E-state index in [2.05, 4.69) is 4.98 Å². The van der Waals surface area contributed by atoms with E-state index in [1.54, 1.807) is 60.1 Å². The number of nitrogens with zero attached hydrogens (tertiary/aromatic N) is 2. The van der Waals surface area contributed by atoms with Crippen molar-refractivity contribution in [2.45, 2.75) is 19.6 Å². The summed E-state index contributed by atoms with van der Waals surface area (Å²) in [5.41, 5.74) is 3.18. The molecule has 0 aliphatic carbocycles. The molecule has 1 unspecified atom stereocenters. The van der Waals surface area contributed by atoms with Gasteiger partial charge in [0.1, 0.15) is 18.1 Å². The second kappa shape index (κ2) is 9.97. The van der Waals surface area contributed by atoms with Gasteiger partial charge in [-0.25, -0.2) is 4.98 Å². The predicted octanol–water partition coefficient (Wildman–Crippen LogP) is 6.31. The largest absolute Gasteiger partial charge is 0.507 e. The SMILES string of the molecule is Cc1ccccc1COc1ccc(C(O)=C2C(=O)C(=O)N(c3nccs3)C2c2cccc(Cl)c2)cc1. The molecule has 1 aliphatic rings. The number of carbonyl (C=O) groups is 2. The van der Waals surface area contributed by atoms with Gasteiger partial charge in [-0.3, -0.25) is 14.5 Å². The number of anilines is 1. The van der Waals surface area contributed by atoms with Crippen LogP contribution in [0.4, 0.5) is 5.13 Å². The molecule has 1 aliphatic heterocycles. The molecule has 3 aromatic carbocycles. The Hall–Kier alpha value is -3.94. The Kier molecular flexibility index (Phi) is 6.59. The zero-order valence-corrected chi connectivity index (χ0v) is 20.8. The molecular weight excluding hydrogens is 496 g/mol. The molecule has 0 radical (unpaired) electrons.